The fraction of sp³-hybridized carbons (Fsp3) is 0. The number of nitrogens with zero attached hydrogens (tertiary/aromatic N) is 1. The number of aromatic amines is 1. The van der Waals surface area contributed by atoms with Crippen LogP contribution in [0.1, 0.15) is 0 Å². The first-order valence-electron chi connectivity index (χ1n) is 4.48. The van der Waals surface area contributed by atoms with E-state index in [9.17, 15) is 19.1 Å². The first kappa shape index (κ1) is 12.1. The van der Waals surface area contributed by atoms with Crippen molar-refractivity contribution < 1.29 is 14.4 Å². The lowest BCUT2D eigenvalue weighted by molar-refractivity contribution is -0.308. The largest absolute Gasteiger partial charge is 0.807 e. The minimum atomic E-state index is -5.06. The van der Waals surface area contributed by atoms with Crippen LogP contribution in [0.4, 0.5) is 0 Å². The van der Waals surface area contributed by atoms with E-state index in [-0.39, 0.29) is 0 Å². The molecule has 0 aliphatic heterocycles. The van der Waals surface area contributed by atoms with E-state index in [1.165, 1.54) is 24.3 Å². The standard InChI is InChI=1S/C9H8ClN2O4P/c10-6-1-3-7(4-2-6)12-9(13)8(5-11-12)17(14,15)16/h1-5,11H,(H2,14,15,16)/p-2. The van der Waals surface area contributed by atoms with Crippen LogP contribution in [0.25, 0.3) is 5.69 Å². The van der Waals surface area contributed by atoms with Gasteiger partial charge in [-0.3, -0.25) is 9.89 Å². The molecule has 1 N–H and O–H groups in total. The third-order valence-electron chi connectivity index (χ3n) is 2.13. The van der Waals surface area contributed by atoms with Gasteiger partial charge in [0, 0.05) is 11.2 Å². The summed E-state index contributed by atoms with van der Waals surface area (Å²) in [5.74, 6) is 0. The molecule has 0 fully saturated rings. The second kappa shape index (κ2) is 4.16. The lowest BCUT2D eigenvalue weighted by Crippen LogP contribution is -2.35. The summed E-state index contributed by atoms with van der Waals surface area (Å²) in [6.45, 7) is 0. The average Bonchev–Trinajstić information content (AvgIpc) is 2.61. The average molecular weight is 273 g/mol. The summed E-state index contributed by atoms with van der Waals surface area (Å²) >= 11 is 5.67. The molecule has 17 heavy (non-hydrogen) atoms. The summed E-state index contributed by atoms with van der Waals surface area (Å²) in [6, 6.07) is 6.12. The normalized spacial score (nSPS) is 11.7. The summed E-state index contributed by atoms with van der Waals surface area (Å²) < 4.78 is 11.7. The van der Waals surface area contributed by atoms with E-state index in [4.69, 9.17) is 11.6 Å². The number of benzene rings is 1. The maximum Gasteiger partial charge on any atom is 0.279 e. The van der Waals surface area contributed by atoms with Gasteiger partial charge in [0.2, 0.25) is 0 Å². The quantitative estimate of drug-likeness (QED) is 0.735. The number of halogens is 1. The minimum absolute atomic E-state index is 0.388. The number of hydrogen-bond donors (Lipinski definition) is 1. The third-order valence-corrected chi connectivity index (χ3v) is 3.29. The first-order chi connectivity index (χ1) is 7.89. The fourth-order valence-electron chi connectivity index (χ4n) is 1.34. The van der Waals surface area contributed by atoms with E-state index >= 15 is 0 Å². The minimum Gasteiger partial charge on any atom is -0.807 e. The van der Waals surface area contributed by atoms with Gasteiger partial charge in [-0.15, -0.1) is 0 Å². The molecule has 2 aromatic rings. The lowest BCUT2D eigenvalue weighted by Gasteiger charge is -2.26. The van der Waals surface area contributed by atoms with Crippen LogP contribution in [-0.2, 0) is 4.57 Å². The molecule has 1 heterocycles. The Balaban J connectivity index is 2.56. The van der Waals surface area contributed by atoms with Crippen LogP contribution < -0.4 is 20.7 Å². The fourth-order valence-corrected chi connectivity index (χ4v) is 2.01. The molecule has 0 saturated heterocycles. The van der Waals surface area contributed by atoms with Crippen molar-refractivity contribution in [3.05, 3.63) is 45.8 Å². The van der Waals surface area contributed by atoms with Gasteiger partial charge >= 0.3 is 0 Å². The van der Waals surface area contributed by atoms with E-state index in [1.54, 1.807) is 0 Å². The Kier molecular flexibility index (Phi) is 2.97. The highest BCUT2D eigenvalue weighted by Gasteiger charge is 2.10. The van der Waals surface area contributed by atoms with Crippen LogP contribution >= 0.6 is 19.2 Å². The number of nitrogens with one attached hydrogen (secondary N) is 1. The van der Waals surface area contributed by atoms with Gasteiger partial charge in [-0.05, 0) is 31.9 Å². The zero-order valence-electron chi connectivity index (χ0n) is 8.29. The van der Waals surface area contributed by atoms with Crippen molar-refractivity contribution in [2.45, 2.75) is 0 Å². The highest BCUT2D eigenvalue weighted by atomic mass is 35.5. The van der Waals surface area contributed by atoms with Gasteiger partial charge in [0.1, 0.15) is 0 Å². The number of H-pyrrole nitrogens is 1. The summed E-state index contributed by atoms with van der Waals surface area (Å²) in [7, 11) is -5.06. The maximum atomic E-state index is 11.6. The molecule has 0 saturated carbocycles. The molecule has 1 aromatic heterocycles. The van der Waals surface area contributed by atoms with Gasteiger partial charge in [-0.2, -0.15) is 0 Å². The Morgan fingerprint density at radius 1 is 1.24 bits per heavy atom. The SMILES string of the molecule is O=c1c(P(=O)([O-])[O-])c[nH]n1-c1ccc(Cl)cc1. The van der Waals surface area contributed by atoms with Gasteiger partial charge in [0.05, 0.1) is 11.0 Å². The van der Waals surface area contributed by atoms with Crippen molar-refractivity contribution in [2.75, 3.05) is 0 Å². The van der Waals surface area contributed by atoms with E-state index in [0.717, 1.165) is 10.9 Å². The van der Waals surface area contributed by atoms with Gasteiger partial charge in [0.15, 0.2) is 0 Å². The molecule has 0 aliphatic rings. The predicted molar refractivity (Wildman–Crippen MR) is 58.6 cm³/mol. The molecule has 6 nitrogen and oxygen atoms in total. The Morgan fingerprint density at radius 3 is 2.29 bits per heavy atom. The van der Waals surface area contributed by atoms with Crippen LogP contribution in [0.2, 0.25) is 5.02 Å². The first-order valence-corrected chi connectivity index (χ1v) is 6.40. The van der Waals surface area contributed by atoms with Gasteiger partial charge in [-0.1, -0.05) is 11.6 Å². The molecule has 0 atom stereocenters. The Bertz CT molecular complexity index is 640. The third kappa shape index (κ3) is 2.35. The van der Waals surface area contributed by atoms with E-state index in [0.29, 0.717) is 10.7 Å². The molecule has 2 rings (SSSR count). The zero-order chi connectivity index (χ0) is 12.6. The number of hydrogen-bond acceptors (Lipinski definition) is 4. The Morgan fingerprint density at radius 2 is 1.82 bits per heavy atom. The maximum absolute atomic E-state index is 11.6. The van der Waals surface area contributed by atoms with Crippen LogP contribution in [0, 0.1) is 0 Å². The van der Waals surface area contributed by atoms with Crippen LogP contribution in [0.5, 0.6) is 0 Å². The van der Waals surface area contributed by atoms with Crippen LogP contribution in [0.15, 0.2) is 35.3 Å². The van der Waals surface area contributed by atoms with Crippen molar-refractivity contribution in [3.63, 3.8) is 0 Å². The van der Waals surface area contributed by atoms with E-state index in [2.05, 4.69) is 5.10 Å². The summed E-state index contributed by atoms with van der Waals surface area (Å²) in [4.78, 5) is 33.2. The molecule has 0 bridgehead atoms. The highest BCUT2D eigenvalue weighted by Crippen LogP contribution is 2.19. The monoisotopic (exact) mass is 272 g/mol. The van der Waals surface area contributed by atoms with Gasteiger partial charge in [0.25, 0.3) is 5.56 Å². The molecule has 1 aromatic carbocycles. The topological polar surface area (TPSA) is 101 Å². The smallest absolute Gasteiger partial charge is 0.279 e. The molecular formula is C9H6ClN2O4P-2. The highest BCUT2D eigenvalue weighted by molar-refractivity contribution is 7.57. The van der Waals surface area contributed by atoms with Crippen molar-refractivity contribution >= 4 is 24.5 Å². The molecule has 0 unspecified atom stereocenters. The van der Waals surface area contributed by atoms with Crippen molar-refractivity contribution in [3.8, 4) is 5.69 Å². The Labute approximate surface area is 101 Å². The molecule has 0 radical (unpaired) electrons. The van der Waals surface area contributed by atoms with Crippen LogP contribution in [0.3, 0.4) is 0 Å². The molecule has 0 spiro atoms. The molecule has 0 aliphatic carbocycles. The molecular weight excluding hydrogens is 267 g/mol. The van der Waals surface area contributed by atoms with Crippen LogP contribution in [-0.4, -0.2) is 9.78 Å². The molecule has 8 heteroatoms. The van der Waals surface area contributed by atoms with E-state index in [1.807, 2.05) is 0 Å². The summed E-state index contributed by atoms with van der Waals surface area (Å²) in [6.07, 6.45) is 0.873. The molecule has 90 valence electrons. The van der Waals surface area contributed by atoms with E-state index < -0.39 is 18.5 Å². The van der Waals surface area contributed by atoms with Gasteiger partial charge in [-0.25, -0.2) is 4.68 Å². The number of aromatic nitrogens is 2. The van der Waals surface area contributed by atoms with Crippen molar-refractivity contribution in [2.24, 2.45) is 0 Å². The second-order valence-electron chi connectivity index (χ2n) is 3.27. The van der Waals surface area contributed by atoms with Crippen molar-refractivity contribution in [1.82, 2.24) is 9.78 Å². The summed E-state index contributed by atoms with van der Waals surface area (Å²) in [5, 5.41) is 2.10. The Hall–Kier alpha value is -1.33. The lowest BCUT2D eigenvalue weighted by atomic mass is 10.3. The predicted octanol–water partition coefficient (Wildman–Crippen LogP) is -0.642. The second-order valence-corrected chi connectivity index (χ2v) is 5.19. The van der Waals surface area contributed by atoms with Crippen molar-refractivity contribution in [1.29, 1.82) is 0 Å². The zero-order valence-corrected chi connectivity index (χ0v) is 9.94. The number of rotatable bonds is 2. The van der Waals surface area contributed by atoms with Gasteiger partial charge < -0.3 is 14.4 Å². The molecule has 0 amide bonds. The summed E-state index contributed by atoms with van der Waals surface area (Å²) in [5.41, 5.74) is -0.514.